The molecule has 0 atom stereocenters. The van der Waals surface area contributed by atoms with E-state index >= 15 is 0 Å². The van der Waals surface area contributed by atoms with E-state index in [-0.39, 0.29) is 11.3 Å². The van der Waals surface area contributed by atoms with E-state index in [2.05, 4.69) is 50.7 Å². The van der Waals surface area contributed by atoms with Crippen molar-refractivity contribution >= 4 is 49.6 Å². The molecule has 0 aromatic heterocycles. The van der Waals surface area contributed by atoms with Gasteiger partial charge in [0.1, 0.15) is 12.4 Å². The first kappa shape index (κ1) is 25.3. The average molecular weight is 569 g/mol. The summed E-state index contributed by atoms with van der Waals surface area (Å²) in [5.41, 5.74) is 4.40. The molecule has 5 rings (SSSR count). The second-order valence-electron chi connectivity index (χ2n) is 8.60. The fourth-order valence-electron chi connectivity index (χ4n) is 4.24. The molecule has 5 aromatic rings. The first-order chi connectivity index (χ1) is 18.5. The van der Waals surface area contributed by atoms with Crippen LogP contribution in [-0.2, 0) is 6.61 Å². The number of carbonyl (C=O) groups is 1. The lowest BCUT2D eigenvalue weighted by Crippen LogP contribution is -2.17. The molecule has 5 aromatic carbocycles. The molecule has 0 radical (unpaired) electrons. The minimum Gasteiger partial charge on any atom is -0.507 e. The average Bonchev–Trinajstić information content (AvgIpc) is 2.93. The number of ether oxygens (including phenoxy) is 2. The van der Waals surface area contributed by atoms with Gasteiger partial charge in [-0.15, -0.1) is 0 Å². The Morgan fingerprint density at radius 2 is 1.58 bits per heavy atom. The number of hydrogen-bond acceptors (Lipinski definition) is 5. The molecule has 0 heterocycles. The Kier molecular flexibility index (Phi) is 7.56. The number of nitrogens with one attached hydrogen (secondary N) is 1. The van der Waals surface area contributed by atoms with Gasteiger partial charge >= 0.3 is 0 Å². The summed E-state index contributed by atoms with van der Waals surface area (Å²) in [6.45, 7) is 2.74. The highest BCUT2D eigenvalue weighted by Crippen LogP contribution is 2.34. The number of carbonyl (C=O) groups excluding carboxylic acids is 1. The standard InChI is InChI=1S/C31H25BrN2O4/c1-2-37-29-16-24(18-33-34-31(36)26-14-21-9-3-4-10-22(21)15-28(26)35)27(32)17-30(29)38-19-23-12-7-11-20-8-5-6-13-25(20)23/h3-18,35H,2,19H2,1H3,(H,34,36). The Labute approximate surface area is 228 Å². The summed E-state index contributed by atoms with van der Waals surface area (Å²) < 4.78 is 12.7. The van der Waals surface area contributed by atoms with E-state index in [0.717, 1.165) is 31.6 Å². The minimum atomic E-state index is -0.513. The van der Waals surface area contributed by atoms with Crippen LogP contribution in [0.15, 0.2) is 101 Å². The Balaban J connectivity index is 1.33. The molecule has 0 unspecified atom stereocenters. The topological polar surface area (TPSA) is 80.2 Å². The molecule has 0 aliphatic carbocycles. The number of rotatable bonds is 8. The predicted octanol–water partition coefficient (Wildman–Crippen LogP) is 7.20. The van der Waals surface area contributed by atoms with Gasteiger partial charge in [-0.3, -0.25) is 4.79 Å². The highest BCUT2D eigenvalue weighted by atomic mass is 79.9. The molecule has 7 heteroatoms. The fraction of sp³-hybridized carbons (Fsp3) is 0.0968. The number of phenols is 1. The van der Waals surface area contributed by atoms with Crippen molar-refractivity contribution in [3.8, 4) is 17.2 Å². The lowest BCUT2D eigenvalue weighted by Gasteiger charge is -2.15. The van der Waals surface area contributed by atoms with Crippen molar-refractivity contribution in [3.05, 3.63) is 112 Å². The largest absolute Gasteiger partial charge is 0.507 e. The van der Waals surface area contributed by atoms with Crippen LogP contribution >= 0.6 is 15.9 Å². The van der Waals surface area contributed by atoms with Crippen LogP contribution in [0.4, 0.5) is 0 Å². The number of phenolic OH excluding ortho intramolecular Hbond substituents is 1. The Morgan fingerprint density at radius 1 is 0.895 bits per heavy atom. The number of amides is 1. The first-order valence-electron chi connectivity index (χ1n) is 12.1. The van der Waals surface area contributed by atoms with Crippen LogP contribution in [0.1, 0.15) is 28.4 Å². The zero-order valence-corrected chi connectivity index (χ0v) is 22.2. The van der Waals surface area contributed by atoms with E-state index in [4.69, 9.17) is 9.47 Å². The van der Waals surface area contributed by atoms with E-state index in [1.807, 2.05) is 55.5 Å². The van der Waals surface area contributed by atoms with E-state index in [1.54, 1.807) is 18.2 Å². The number of aromatic hydroxyl groups is 1. The third-order valence-electron chi connectivity index (χ3n) is 6.10. The lowest BCUT2D eigenvalue weighted by molar-refractivity contribution is 0.0952. The number of hydrogen-bond donors (Lipinski definition) is 2. The highest BCUT2D eigenvalue weighted by Gasteiger charge is 2.14. The van der Waals surface area contributed by atoms with Crippen LogP contribution in [0.3, 0.4) is 0 Å². The molecule has 1 amide bonds. The number of hydrazone groups is 1. The fourth-order valence-corrected chi connectivity index (χ4v) is 4.66. The normalized spacial score (nSPS) is 11.2. The Hall–Kier alpha value is -4.36. The molecule has 0 bridgehead atoms. The first-order valence-corrected chi connectivity index (χ1v) is 12.9. The number of fused-ring (bicyclic) bond motifs is 2. The summed E-state index contributed by atoms with van der Waals surface area (Å²) >= 11 is 3.57. The van der Waals surface area contributed by atoms with Gasteiger partial charge in [-0.2, -0.15) is 5.10 Å². The second-order valence-corrected chi connectivity index (χ2v) is 9.45. The van der Waals surface area contributed by atoms with Crippen molar-refractivity contribution in [1.29, 1.82) is 0 Å². The SMILES string of the molecule is CCOc1cc(C=NNC(=O)c2cc3ccccc3cc2O)c(Br)cc1OCc1cccc2ccccc12. The van der Waals surface area contributed by atoms with Crippen LogP contribution in [0, 0.1) is 0 Å². The Morgan fingerprint density at radius 3 is 2.37 bits per heavy atom. The molecule has 190 valence electrons. The molecule has 0 spiro atoms. The van der Waals surface area contributed by atoms with Crippen molar-refractivity contribution in [3.63, 3.8) is 0 Å². The quantitative estimate of drug-likeness (QED) is 0.153. The monoisotopic (exact) mass is 568 g/mol. The van der Waals surface area contributed by atoms with E-state index < -0.39 is 5.91 Å². The highest BCUT2D eigenvalue weighted by molar-refractivity contribution is 9.10. The maximum atomic E-state index is 12.7. The van der Waals surface area contributed by atoms with Gasteiger partial charge in [0.05, 0.1) is 18.4 Å². The van der Waals surface area contributed by atoms with Gasteiger partial charge in [-0.25, -0.2) is 5.43 Å². The van der Waals surface area contributed by atoms with Gasteiger partial charge in [-0.1, -0.05) is 66.7 Å². The molecule has 38 heavy (non-hydrogen) atoms. The molecule has 0 saturated heterocycles. The van der Waals surface area contributed by atoms with Gasteiger partial charge in [0.25, 0.3) is 5.91 Å². The van der Waals surface area contributed by atoms with Crippen molar-refractivity contribution in [2.75, 3.05) is 6.61 Å². The molecule has 2 N–H and O–H groups in total. The smallest absolute Gasteiger partial charge is 0.275 e. The van der Waals surface area contributed by atoms with Gasteiger partial charge in [0, 0.05) is 10.0 Å². The molecular formula is C31H25BrN2O4. The van der Waals surface area contributed by atoms with Crippen LogP contribution in [0.2, 0.25) is 0 Å². The van der Waals surface area contributed by atoms with Gasteiger partial charge < -0.3 is 14.6 Å². The predicted molar refractivity (Wildman–Crippen MR) is 154 cm³/mol. The van der Waals surface area contributed by atoms with Crippen molar-refractivity contribution in [2.24, 2.45) is 5.10 Å². The molecule has 0 fully saturated rings. The van der Waals surface area contributed by atoms with Gasteiger partial charge in [0.2, 0.25) is 0 Å². The Bertz CT molecular complexity index is 1660. The number of benzene rings is 5. The summed E-state index contributed by atoms with van der Waals surface area (Å²) in [5, 5.41) is 18.4. The van der Waals surface area contributed by atoms with Crippen LogP contribution in [0.25, 0.3) is 21.5 Å². The minimum absolute atomic E-state index is 0.107. The third-order valence-corrected chi connectivity index (χ3v) is 6.79. The molecule has 0 aliphatic rings. The summed E-state index contributed by atoms with van der Waals surface area (Å²) in [6, 6.07) is 28.7. The zero-order valence-electron chi connectivity index (χ0n) is 20.6. The summed E-state index contributed by atoms with van der Waals surface area (Å²) in [7, 11) is 0. The van der Waals surface area contributed by atoms with Crippen molar-refractivity contribution in [2.45, 2.75) is 13.5 Å². The van der Waals surface area contributed by atoms with Gasteiger partial charge in [0.15, 0.2) is 11.5 Å². The lowest BCUT2D eigenvalue weighted by atomic mass is 10.1. The summed E-state index contributed by atoms with van der Waals surface area (Å²) in [6.07, 6.45) is 1.51. The zero-order chi connectivity index (χ0) is 26.5. The van der Waals surface area contributed by atoms with E-state index in [0.29, 0.717) is 30.3 Å². The maximum absolute atomic E-state index is 12.7. The third kappa shape index (κ3) is 5.48. The van der Waals surface area contributed by atoms with Crippen LogP contribution in [0.5, 0.6) is 17.2 Å². The molecule has 0 aliphatic heterocycles. The van der Waals surface area contributed by atoms with Crippen LogP contribution < -0.4 is 14.9 Å². The molecular weight excluding hydrogens is 544 g/mol. The van der Waals surface area contributed by atoms with E-state index in [9.17, 15) is 9.90 Å². The van der Waals surface area contributed by atoms with Crippen molar-refractivity contribution < 1.29 is 19.4 Å². The van der Waals surface area contributed by atoms with Crippen LogP contribution in [-0.4, -0.2) is 23.8 Å². The number of nitrogens with zero attached hydrogens (tertiary/aromatic N) is 1. The second kappa shape index (κ2) is 11.4. The maximum Gasteiger partial charge on any atom is 0.275 e. The molecule has 0 saturated carbocycles. The summed E-state index contributed by atoms with van der Waals surface area (Å²) in [4.78, 5) is 12.7. The number of halogens is 1. The summed E-state index contributed by atoms with van der Waals surface area (Å²) in [5.74, 6) is 0.537. The van der Waals surface area contributed by atoms with Gasteiger partial charge in [-0.05, 0) is 74.2 Å². The van der Waals surface area contributed by atoms with Crippen molar-refractivity contribution in [1.82, 2.24) is 5.43 Å². The molecule has 6 nitrogen and oxygen atoms in total. The van der Waals surface area contributed by atoms with E-state index in [1.165, 1.54) is 6.21 Å².